The first-order chi connectivity index (χ1) is 7.56. The number of amides is 1. The zero-order chi connectivity index (χ0) is 11.7. The summed E-state index contributed by atoms with van der Waals surface area (Å²) in [4.78, 5) is 14.0. The van der Waals surface area contributed by atoms with Crippen LogP contribution in [0.1, 0.15) is 46.0 Å². The van der Waals surface area contributed by atoms with E-state index >= 15 is 0 Å². The Kier molecular flexibility index (Phi) is 5.26. The van der Waals surface area contributed by atoms with E-state index in [1.807, 2.05) is 11.9 Å². The number of hydrogen-bond donors (Lipinski definition) is 1. The molecule has 2 heterocycles. The smallest absolute Gasteiger partial charge is 0.222 e. The van der Waals surface area contributed by atoms with E-state index in [4.69, 9.17) is 0 Å². The summed E-state index contributed by atoms with van der Waals surface area (Å²) in [5, 5.41) is 3.62. The molecular formula is C13H25ClN2O. The first kappa shape index (κ1) is 14.8. The first-order valence-corrected chi connectivity index (χ1v) is 6.58. The van der Waals surface area contributed by atoms with E-state index in [1.165, 1.54) is 12.8 Å². The normalized spacial score (nSPS) is 31.2. The van der Waals surface area contributed by atoms with Crippen LogP contribution in [0.3, 0.4) is 0 Å². The molecule has 2 rings (SSSR count). The van der Waals surface area contributed by atoms with Crippen molar-refractivity contribution in [3.63, 3.8) is 0 Å². The van der Waals surface area contributed by atoms with Gasteiger partial charge in [0.2, 0.25) is 5.91 Å². The fraction of sp³-hybridized carbons (Fsp3) is 0.923. The van der Waals surface area contributed by atoms with Crippen molar-refractivity contribution in [1.82, 2.24) is 10.2 Å². The summed E-state index contributed by atoms with van der Waals surface area (Å²) in [6, 6.07) is 1.81. The van der Waals surface area contributed by atoms with Crippen LogP contribution in [0.15, 0.2) is 0 Å². The number of rotatable bonds is 3. The third kappa shape index (κ3) is 3.59. The number of nitrogens with zero attached hydrogens (tertiary/aromatic N) is 1. The Morgan fingerprint density at radius 1 is 1.29 bits per heavy atom. The monoisotopic (exact) mass is 260 g/mol. The van der Waals surface area contributed by atoms with Crippen molar-refractivity contribution in [2.45, 2.75) is 64.1 Å². The van der Waals surface area contributed by atoms with Gasteiger partial charge in [-0.15, -0.1) is 12.4 Å². The van der Waals surface area contributed by atoms with E-state index in [9.17, 15) is 4.79 Å². The second kappa shape index (κ2) is 6.05. The van der Waals surface area contributed by atoms with Gasteiger partial charge < -0.3 is 10.2 Å². The van der Waals surface area contributed by atoms with Crippen molar-refractivity contribution < 1.29 is 4.79 Å². The second-order valence-electron chi connectivity index (χ2n) is 5.87. The molecule has 17 heavy (non-hydrogen) atoms. The Morgan fingerprint density at radius 2 is 1.82 bits per heavy atom. The van der Waals surface area contributed by atoms with Gasteiger partial charge in [-0.1, -0.05) is 13.8 Å². The molecule has 1 N–H and O–H groups in total. The lowest BCUT2D eigenvalue weighted by molar-refractivity contribution is -0.133. The van der Waals surface area contributed by atoms with Gasteiger partial charge in [0.05, 0.1) is 0 Å². The van der Waals surface area contributed by atoms with Crippen molar-refractivity contribution in [3.05, 3.63) is 0 Å². The highest BCUT2D eigenvalue weighted by atomic mass is 35.5. The largest absolute Gasteiger partial charge is 0.343 e. The van der Waals surface area contributed by atoms with Crippen molar-refractivity contribution in [2.75, 3.05) is 7.05 Å². The van der Waals surface area contributed by atoms with E-state index in [-0.39, 0.29) is 12.4 Å². The zero-order valence-electron chi connectivity index (χ0n) is 11.1. The van der Waals surface area contributed by atoms with Crippen molar-refractivity contribution >= 4 is 18.3 Å². The third-order valence-electron chi connectivity index (χ3n) is 3.97. The van der Waals surface area contributed by atoms with Crippen molar-refractivity contribution in [3.8, 4) is 0 Å². The predicted molar refractivity (Wildman–Crippen MR) is 72.4 cm³/mol. The average Bonchev–Trinajstić information content (AvgIpc) is 2.55. The fourth-order valence-electron chi connectivity index (χ4n) is 3.04. The van der Waals surface area contributed by atoms with E-state index < -0.39 is 0 Å². The summed E-state index contributed by atoms with van der Waals surface area (Å²) < 4.78 is 0. The molecule has 2 saturated heterocycles. The summed E-state index contributed by atoms with van der Waals surface area (Å²) >= 11 is 0. The minimum Gasteiger partial charge on any atom is -0.343 e. The maximum atomic E-state index is 12.0. The van der Waals surface area contributed by atoms with Gasteiger partial charge in [-0.3, -0.25) is 4.79 Å². The minimum atomic E-state index is 0. The molecule has 4 heteroatoms. The fourth-order valence-corrected chi connectivity index (χ4v) is 3.04. The molecule has 0 aromatic rings. The number of nitrogens with one attached hydrogen (secondary N) is 1. The molecule has 0 radical (unpaired) electrons. The van der Waals surface area contributed by atoms with Crippen LogP contribution in [0.2, 0.25) is 0 Å². The van der Waals surface area contributed by atoms with Gasteiger partial charge >= 0.3 is 0 Å². The number of fused-ring (bicyclic) bond motifs is 2. The lowest BCUT2D eigenvalue weighted by Crippen LogP contribution is -2.48. The maximum absolute atomic E-state index is 12.0. The summed E-state index contributed by atoms with van der Waals surface area (Å²) in [6.45, 7) is 4.22. The highest BCUT2D eigenvalue weighted by Gasteiger charge is 2.36. The molecule has 0 saturated carbocycles. The molecule has 0 aromatic carbocycles. The first-order valence-electron chi connectivity index (χ1n) is 6.58. The van der Waals surface area contributed by atoms with Crippen LogP contribution in [0, 0.1) is 5.92 Å². The highest BCUT2D eigenvalue weighted by Crippen LogP contribution is 2.29. The molecule has 0 aromatic heterocycles. The molecule has 2 fully saturated rings. The van der Waals surface area contributed by atoms with Crippen LogP contribution >= 0.6 is 12.4 Å². The molecule has 1 amide bonds. The highest BCUT2D eigenvalue weighted by molar-refractivity contribution is 5.85. The SMILES string of the molecule is CC(C)CC(=O)N(C)C1CC2CCC(C1)N2.Cl. The second-order valence-corrected chi connectivity index (χ2v) is 5.87. The van der Waals surface area contributed by atoms with Crippen LogP contribution in [0.5, 0.6) is 0 Å². The van der Waals surface area contributed by atoms with Crippen LogP contribution in [-0.2, 0) is 4.79 Å². The van der Waals surface area contributed by atoms with Crippen LogP contribution in [0.25, 0.3) is 0 Å². The van der Waals surface area contributed by atoms with E-state index in [0.717, 1.165) is 12.8 Å². The Bertz CT molecular complexity index is 258. The standard InChI is InChI=1S/C13H24N2O.ClH/c1-9(2)6-13(16)15(3)12-7-10-4-5-11(8-12)14-10;/h9-12,14H,4-8H2,1-3H3;1H. The average molecular weight is 261 g/mol. The number of halogens is 1. The molecule has 2 bridgehead atoms. The topological polar surface area (TPSA) is 32.3 Å². The van der Waals surface area contributed by atoms with Crippen molar-refractivity contribution in [1.29, 1.82) is 0 Å². The number of carbonyl (C=O) groups excluding carboxylic acids is 1. The van der Waals surface area contributed by atoms with E-state index in [1.54, 1.807) is 0 Å². The molecule has 2 atom stereocenters. The summed E-state index contributed by atoms with van der Waals surface area (Å²) in [5.74, 6) is 0.787. The Morgan fingerprint density at radius 3 is 2.29 bits per heavy atom. The quantitative estimate of drug-likeness (QED) is 0.844. The van der Waals surface area contributed by atoms with Crippen molar-refractivity contribution in [2.24, 2.45) is 5.92 Å². The number of hydrogen-bond acceptors (Lipinski definition) is 2. The number of piperidine rings is 1. The molecule has 2 aliphatic rings. The molecule has 0 aliphatic carbocycles. The lowest BCUT2D eigenvalue weighted by Gasteiger charge is -2.36. The summed E-state index contributed by atoms with van der Waals surface area (Å²) in [5.41, 5.74) is 0. The van der Waals surface area contributed by atoms with Gasteiger partial charge in [0.15, 0.2) is 0 Å². The van der Waals surface area contributed by atoms with Crippen LogP contribution in [0.4, 0.5) is 0 Å². The van der Waals surface area contributed by atoms with Gasteiger partial charge in [0.1, 0.15) is 0 Å². The van der Waals surface area contributed by atoms with Gasteiger partial charge in [-0.05, 0) is 31.6 Å². The Labute approximate surface area is 111 Å². The minimum absolute atomic E-state index is 0. The van der Waals surface area contributed by atoms with Gasteiger partial charge in [-0.2, -0.15) is 0 Å². The molecule has 100 valence electrons. The van der Waals surface area contributed by atoms with Gasteiger partial charge in [-0.25, -0.2) is 0 Å². The van der Waals surface area contributed by atoms with Gasteiger partial charge in [0, 0.05) is 31.6 Å². The lowest BCUT2D eigenvalue weighted by atomic mass is 9.97. The Hall–Kier alpha value is -0.280. The third-order valence-corrected chi connectivity index (χ3v) is 3.97. The van der Waals surface area contributed by atoms with Crippen LogP contribution < -0.4 is 5.32 Å². The molecule has 2 unspecified atom stereocenters. The molecule has 3 nitrogen and oxygen atoms in total. The number of carbonyl (C=O) groups is 1. The van der Waals surface area contributed by atoms with E-state index in [0.29, 0.717) is 36.4 Å². The summed E-state index contributed by atoms with van der Waals surface area (Å²) in [6.07, 6.45) is 5.59. The Balaban J connectivity index is 0.00000144. The predicted octanol–water partition coefficient (Wildman–Crippen LogP) is 2.20. The molecule has 2 aliphatic heterocycles. The maximum Gasteiger partial charge on any atom is 0.222 e. The summed E-state index contributed by atoms with van der Waals surface area (Å²) in [7, 11) is 1.99. The van der Waals surface area contributed by atoms with Crippen LogP contribution in [-0.4, -0.2) is 36.0 Å². The van der Waals surface area contributed by atoms with E-state index in [2.05, 4.69) is 19.2 Å². The zero-order valence-corrected chi connectivity index (χ0v) is 11.9. The molecule has 0 spiro atoms. The molecular weight excluding hydrogens is 236 g/mol. The van der Waals surface area contributed by atoms with Gasteiger partial charge in [0.25, 0.3) is 0 Å².